The van der Waals surface area contributed by atoms with Gasteiger partial charge < -0.3 is 15.1 Å². The summed E-state index contributed by atoms with van der Waals surface area (Å²) in [5.41, 5.74) is 0. The summed E-state index contributed by atoms with van der Waals surface area (Å²) in [6.45, 7) is 0. The second kappa shape index (κ2) is 7.52. The summed E-state index contributed by atoms with van der Waals surface area (Å²) in [5, 5.41) is 21.5. The van der Waals surface area contributed by atoms with Gasteiger partial charge in [0.25, 0.3) is 0 Å². The molecule has 0 saturated carbocycles. The Labute approximate surface area is 69.6 Å². The van der Waals surface area contributed by atoms with Gasteiger partial charge in [-0.2, -0.15) is 8.42 Å². The van der Waals surface area contributed by atoms with Crippen LogP contribution in [0.2, 0.25) is 0 Å². The van der Waals surface area contributed by atoms with Crippen LogP contribution in [0, 0.1) is 0 Å². The summed E-state index contributed by atoms with van der Waals surface area (Å²) in [7, 11) is -6.83. The van der Waals surface area contributed by atoms with Crippen molar-refractivity contribution in [1.29, 1.82) is 0 Å². The molecule has 0 rings (SSSR count). The molecule has 0 aromatic heterocycles. The van der Waals surface area contributed by atoms with Crippen LogP contribution in [-0.4, -0.2) is 58.8 Å². The number of hydrogen-bond acceptors (Lipinski definition) is 5. The molecule has 10 heteroatoms. The van der Waals surface area contributed by atoms with Gasteiger partial charge in [-0.15, -0.1) is 0 Å². The zero-order valence-corrected chi connectivity index (χ0v) is 4.85. The van der Waals surface area contributed by atoms with Gasteiger partial charge in [0, 0.05) is 0 Å². The molecule has 0 aliphatic carbocycles. The van der Waals surface area contributed by atoms with Crippen LogP contribution in [0.1, 0.15) is 0 Å². The monoisotopic (exact) mass is 168 g/mol. The van der Waals surface area contributed by atoms with Crippen LogP contribution in [0.4, 0.5) is 0 Å². The fraction of sp³-hybridized carbons (Fsp3) is 0. The average molecular weight is 168 g/mol. The van der Waals surface area contributed by atoms with Gasteiger partial charge in [0.15, 0.2) is 0 Å². The summed E-state index contributed by atoms with van der Waals surface area (Å²) < 4.78 is 31.6. The fourth-order valence-corrected chi connectivity index (χ4v) is 0. The van der Waals surface area contributed by atoms with Crippen LogP contribution in [-0.2, 0) is 10.4 Å². The van der Waals surface area contributed by atoms with Crippen molar-refractivity contribution >= 4 is 36.6 Å². The molecule has 0 heterocycles. The Bertz CT molecular complexity index is 125. The molecule has 0 aromatic carbocycles. The molecule has 0 atom stereocenters. The predicted molar refractivity (Wildman–Crippen MR) is 33.7 cm³/mol. The van der Waals surface area contributed by atoms with Crippen molar-refractivity contribution in [3.63, 3.8) is 0 Å². The quantitative estimate of drug-likeness (QED) is 0.188. The summed E-state index contributed by atoms with van der Waals surface area (Å²) >= 11 is 0. The maximum atomic E-state index is 8.74. The van der Waals surface area contributed by atoms with Gasteiger partial charge in [-0.05, 0) is 0 Å². The van der Waals surface area contributed by atoms with Gasteiger partial charge in [-0.25, -0.2) is 0 Å². The van der Waals surface area contributed by atoms with E-state index >= 15 is 0 Å². The molecule has 0 aliphatic rings. The summed E-state index contributed by atoms with van der Waals surface area (Å²) in [6.07, 6.45) is 0. The molecular formula is H6BLiO7S. The third kappa shape index (κ3) is 2720. The van der Waals surface area contributed by atoms with Gasteiger partial charge >= 0.3 is 36.6 Å². The van der Waals surface area contributed by atoms with Crippen molar-refractivity contribution in [3.8, 4) is 0 Å². The zero-order valence-electron chi connectivity index (χ0n) is 4.04. The minimum atomic E-state index is -4.67. The van der Waals surface area contributed by atoms with Crippen molar-refractivity contribution in [2.24, 2.45) is 0 Å². The average Bonchev–Trinajstić information content (AvgIpc) is 1.19. The van der Waals surface area contributed by atoms with E-state index in [1.807, 2.05) is 0 Å². The van der Waals surface area contributed by atoms with E-state index in [-0.39, 0.29) is 18.9 Å². The SMILES string of the molecule is O=S(=O)(O)O.OB(O)O.[LiH]. The Morgan fingerprint density at radius 3 is 1.00 bits per heavy atom. The molecule has 7 nitrogen and oxygen atoms in total. The van der Waals surface area contributed by atoms with Gasteiger partial charge in [-0.3, -0.25) is 9.11 Å². The van der Waals surface area contributed by atoms with Crippen LogP contribution in [0.15, 0.2) is 0 Å². The van der Waals surface area contributed by atoms with E-state index in [1.165, 1.54) is 0 Å². The van der Waals surface area contributed by atoms with Crippen molar-refractivity contribution in [1.82, 2.24) is 0 Å². The van der Waals surface area contributed by atoms with Gasteiger partial charge in [0.2, 0.25) is 0 Å². The Morgan fingerprint density at radius 1 is 1.00 bits per heavy atom. The number of rotatable bonds is 0. The normalized spacial score (nSPS) is 8.50. The number of hydrogen-bond donors (Lipinski definition) is 5. The van der Waals surface area contributed by atoms with Crippen LogP contribution in [0.5, 0.6) is 0 Å². The van der Waals surface area contributed by atoms with E-state index in [0.717, 1.165) is 0 Å². The topological polar surface area (TPSA) is 135 Å². The van der Waals surface area contributed by atoms with E-state index in [2.05, 4.69) is 0 Å². The maximum absolute atomic E-state index is 8.74. The van der Waals surface area contributed by atoms with E-state index < -0.39 is 17.7 Å². The third-order valence-corrected chi connectivity index (χ3v) is 0. The molecule has 0 amide bonds. The predicted octanol–water partition coefficient (Wildman–Crippen LogP) is -3.35. The van der Waals surface area contributed by atoms with Crippen molar-refractivity contribution in [2.75, 3.05) is 0 Å². The molecule has 0 unspecified atom stereocenters. The van der Waals surface area contributed by atoms with Crippen LogP contribution in [0.25, 0.3) is 0 Å². The van der Waals surface area contributed by atoms with Crippen molar-refractivity contribution in [2.45, 2.75) is 0 Å². The molecule has 5 N–H and O–H groups in total. The summed E-state index contributed by atoms with van der Waals surface area (Å²) in [5.74, 6) is 0. The molecule has 0 fully saturated rings. The van der Waals surface area contributed by atoms with Gasteiger partial charge in [0.1, 0.15) is 0 Å². The third-order valence-electron chi connectivity index (χ3n) is 0. The molecule has 0 saturated heterocycles. The van der Waals surface area contributed by atoms with E-state index in [9.17, 15) is 0 Å². The minimum absolute atomic E-state index is 0. The first-order valence-corrected chi connectivity index (χ1v) is 2.87. The van der Waals surface area contributed by atoms with Crippen LogP contribution < -0.4 is 0 Å². The fourth-order valence-electron chi connectivity index (χ4n) is 0. The molecule has 0 aromatic rings. The summed E-state index contributed by atoms with van der Waals surface area (Å²) in [6, 6.07) is 0. The Hall–Kier alpha value is 0.412. The molecule has 0 aliphatic heterocycles. The van der Waals surface area contributed by atoms with E-state index in [0.29, 0.717) is 0 Å². The molecule has 58 valence electrons. The molecule has 10 heavy (non-hydrogen) atoms. The molecular weight excluding hydrogens is 162 g/mol. The first-order chi connectivity index (χ1) is 3.73. The second-order valence-corrected chi connectivity index (χ2v) is 1.69. The van der Waals surface area contributed by atoms with Crippen molar-refractivity contribution in [3.05, 3.63) is 0 Å². The Balaban J connectivity index is -0.0000000910. The second-order valence-electron chi connectivity index (χ2n) is 0.794. The Morgan fingerprint density at radius 2 is 1.00 bits per heavy atom. The van der Waals surface area contributed by atoms with Crippen LogP contribution in [0.3, 0.4) is 0 Å². The zero-order chi connectivity index (χ0) is 8.08. The van der Waals surface area contributed by atoms with Crippen molar-refractivity contribution < 1.29 is 32.6 Å². The first kappa shape index (κ1) is 16.8. The molecule has 0 spiro atoms. The first-order valence-electron chi connectivity index (χ1n) is 1.47. The standard InChI is InChI=1S/BH3O3.Li.H2O4S.H/c2-1(3)4;;1-5(2,3)4;/h2-4H;;(H2,1,2,3,4);. The van der Waals surface area contributed by atoms with E-state index in [4.69, 9.17) is 32.6 Å². The van der Waals surface area contributed by atoms with Crippen LogP contribution >= 0.6 is 0 Å². The molecule has 0 radical (unpaired) electrons. The summed E-state index contributed by atoms with van der Waals surface area (Å²) in [4.78, 5) is 0. The molecule has 0 bridgehead atoms. The Kier molecular flexibility index (Phi) is 12.6. The van der Waals surface area contributed by atoms with Gasteiger partial charge in [-0.1, -0.05) is 0 Å². The van der Waals surface area contributed by atoms with E-state index in [1.54, 1.807) is 0 Å². The van der Waals surface area contributed by atoms with Gasteiger partial charge in [0.05, 0.1) is 0 Å².